The summed E-state index contributed by atoms with van der Waals surface area (Å²) in [5.41, 5.74) is 1.18. The molecule has 52 valence electrons. The zero-order valence-electron chi connectivity index (χ0n) is 5.89. The molecule has 9 heavy (non-hydrogen) atoms. The smallest absolute Gasteiger partial charge is 0.113 e. The molecule has 1 nitrogen and oxygen atoms in total. The quantitative estimate of drug-likeness (QED) is 0.329. The molecule has 0 radical (unpaired) electrons. The fourth-order valence-electron chi connectivity index (χ4n) is 0.553. The van der Waals surface area contributed by atoms with E-state index in [4.69, 9.17) is 11.6 Å². The van der Waals surface area contributed by atoms with Crippen LogP contribution in [-0.2, 0) is 0 Å². The van der Waals surface area contributed by atoms with Gasteiger partial charge in [-0.25, -0.2) is 0 Å². The lowest BCUT2D eigenvalue weighted by atomic mass is 10.3. The molecule has 0 aromatic carbocycles. The van der Waals surface area contributed by atoms with E-state index in [1.54, 1.807) is 6.21 Å². The van der Waals surface area contributed by atoms with Crippen molar-refractivity contribution in [3.05, 3.63) is 11.6 Å². The van der Waals surface area contributed by atoms with Gasteiger partial charge in [0.2, 0.25) is 0 Å². The van der Waals surface area contributed by atoms with Crippen molar-refractivity contribution in [2.45, 2.75) is 20.3 Å². The lowest BCUT2D eigenvalue weighted by molar-refractivity contribution is 1.20. The van der Waals surface area contributed by atoms with Gasteiger partial charge in [-0.2, -0.15) is 0 Å². The highest BCUT2D eigenvalue weighted by atomic mass is 35.5. The van der Waals surface area contributed by atoms with Crippen LogP contribution >= 0.6 is 11.6 Å². The first kappa shape index (κ1) is 8.70. The molecule has 0 N–H and O–H groups in total. The molecule has 0 aromatic rings. The van der Waals surface area contributed by atoms with Crippen LogP contribution in [0.2, 0.25) is 0 Å². The van der Waals surface area contributed by atoms with Crippen molar-refractivity contribution < 1.29 is 0 Å². The van der Waals surface area contributed by atoms with E-state index in [1.807, 2.05) is 6.92 Å². The summed E-state index contributed by atoms with van der Waals surface area (Å²) in [6.07, 6.45) is 4.95. The molecule has 0 aromatic heterocycles. The molecule has 0 saturated carbocycles. The van der Waals surface area contributed by atoms with E-state index in [0.29, 0.717) is 6.00 Å². The molecule has 0 atom stereocenters. The van der Waals surface area contributed by atoms with Gasteiger partial charge in [0.25, 0.3) is 0 Å². The summed E-state index contributed by atoms with van der Waals surface area (Å²) in [4.78, 5) is 3.86. The summed E-state index contributed by atoms with van der Waals surface area (Å²) in [6, 6.07) is 0.356. The Bertz CT molecular complexity index is 116. The monoisotopic (exact) mass is 145 g/mol. The molecule has 0 aliphatic carbocycles. The van der Waals surface area contributed by atoms with Crippen LogP contribution in [-0.4, -0.2) is 12.2 Å². The van der Waals surface area contributed by atoms with Crippen molar-refractivity contribution in [3.8, 4) is 0 Å². The topological polar surface area (TPSA) is 12.4 Å². The molecule has 0 aliphatic rings. The van der Waals surface area contributed by atoms with Gasteiger partial charge >= 0.3 is 0 Å². The Morgan fingerprint density at radius 3 is 2.78 bits per heavy atom. The second kappa shape index (κ2) is 5.83. The maximum atomic E-state index is 5.32. The number of hydrogen-bond acceptors (Lipinski definition) is 1. The number of rotatable bonds is 3. The summed E-state index contributed by atoms with van der Waals surface area (Å²) in [5.74, 6) is 0. The summed E-state index contributed by atoms with van der Waals surface area (Å²) in [7, 11) is 0. The van der Waals surface area contributed by atoms with E-state index in [0.717, 1.165) is 6.42 Å². The first-order valence-corrected chi connectivity index (χ1v) is 3.57. The van der Waals surface area contributed by atoms with Crippen molar-refractivity contribution >= 4 is 17.8 Å². The lowest BCUT2D eigenvalue weighted by Gasteiger charge is -1.86. The minimum Gasteiger partial charge on any atom is -0.277 e. The van der Waals surface area contributed by atoms with Crippen molar-refractivity contribution in [2.24, 2.45) is 4.99 Å². The standard InChI is InChI=1S/C7H12ClN/c1-3-4-7(2)5-9-6-8/h4-5H,3,6H2,1-2H3/b7-4-,9-5-. The third-order valence-electron chi connectivity index (χ3n) is 0.890. The summed E-state index contributed by atoms with van der Waals surface area (Å²) >= 11 is 5.32. The van der Waals surface area contributed by atoms with E-state index < -0.39 is 0 Å². The molecule has 0 spiro atoms. The Hall–Kier alpha value is -0.300. The maximum Gasteiger partial charge on any atom is 0.113 e. The number of alkyl halides is 1. The van der Waals surface area contributed by atoms with Crippen LogP contribution in [0.1, 0.15) is 20.3 Å². The van der Waals surface area contributed by atoms with Gasteiger partial charge in [0.15, 0.2) is 0 Å². The van der Waals surface area contributed by atoms with Crippen molar-refractivity contribution in [2.75, 3.05) is 6.00 Å². The molecule has 0 fully saturated rings. The molecule has 0 aliphatic heterocycles. The number of hydrogen-bond donors (Lipinski definition) is 0. The van der Waals surface area contributed by atoms with Crippen LogP contribution in [0.15, 0.2) is 16.6 Å². The van der Waals surface area contributed by atoms with Crippen molar-refractivity contribution in [3.63, 3.8) is 0 Å². The van der Waals surface area contributed by atoms with E-state index in [9.17, 15) is 0 Å². The zero-order chi connectivity index (χ0) is 7.11. The highest BCUT2D eigenvalue weighted by Gasteiger charge is 1.77. The second-order valence-corrected chi connectivity index (χ2v) is 2.03. The fraction of sp³-hybridized carbons (Fsp3) is 0.571. The Balaban J connectivity index is 3.60. The van der Waals surface area contributed by atoms with E-state index in [2.05, 4.69) is 18.0 Å². The molecule has 0 bridgehead atoms. The minimum absolute atomic E-state index is 0.356. The van der Waals surface area contributed by atoms with Crippen LogP contribution in [0.3, 0.4) is 0 Å². The molecule has 2 heteroatoms. The van der Waals surface area contributed by atoms with Gasteiger partial charge < -0.3 is 0 Å². The molecule has 0 rings (SSSR count). The highest BCUT2D eigenvalue weighted by molar-refractivity contribution is 6.18. The number of halogens is 1. The first-order valence-electron chi connectivity index (χ1n) is 3.03. The van der Waals surface area contributed by atoms with Gasteiger partial charge in [-0.3, -0.25) is 4.99 Å². The van der Waals surface area contributed by atoms with Crippen molar-refractivity contribution in [1.29, 1.82) is 0 Å². The fourth-order valence-corrected chi connectivity index (χ4v) is 0.622. The third kappa shape index (κ3) is 5.57. The van der Waals surface area contributed by atoms with Gasteiger partial charge in [-0.05, 0) is 18.9 Å². The maximum absolute atomic E-state index is 5.32. The second-order valence-electron chi connectivity index (χ2n) is 1.79. The molecule has 0 saturated heterocycles. The molecule has 0 heterocycles. The molecular weight excluding hydrogens is 134 g/mol. The van der Waals surface area contributed by atoms with Gasteiger partial charge in [0.05, 0.1) is 0 Å². The summed E-state index contributed by atoms with van der Waals surface area (Å²) < 4.78 is 0. The van der Waals surface area contributed by atoms with Gasteiger partial charge in [-0.15, -0.1) is 11.6 Å². The Morgan fingerprint density at radius 1 is 1.67 bits per heavy atom. The van der Waals surface area contributed by atoms with Crippen LogP contribution in [0, 0.1) is 0 Å². The average Bonchev–Trinajstić information content (AvgIpc) is 1.85. The largest absolute Gasteiger partial charge is 0.277 e. The summed E-state index contributed by atoms with van der Waals surface area (Å²) in [5, 5.41) is 0. The van der Waals surface area contributed by atoms with E-state index in [1.165, 1.54) is 5.57 Å². The number of allylic oxidation sites excluding steroid dienone is 2. The minimum atomic E-state index is 0.356. The first-order chi connectivity index (χ1) is 4.31. The van der Waals surface area contributed by atoms with E-state index >= 15 is 0 Å². The number of nitrogens with zero attached hydrogens (tertiary/aromatic N) is 1. The van der Waals surface area contributed by atoms with Gasteiger partial charge in [-0.1, -0.05) is 13.0 Å². The number of aliphatic imine (C=N–C) groups is 1. The van der Waals surface area contributed by atoms with Gasteiger partial charge in [0, 0.05) is 6.21 Å². The van der Waals surface area contributed by atoms with Crippen molar-refractivity contribution in [1.82, 2.24) is 0 Å². The highest BCUT2D eigenvalue weighted by Crippen LogP contribution is 1.90. The summed E-state index contributed by atoms with van der Waals surface area (Å²) in [6.45, 7) is 4.11. The van der Waals surface area contributed by atoms with Crippen LogP contribution in [0.4, 0.5) is 0 Å². The lowest BCUT2D eigenvalue weighted by Crippen LogP contribution is -1.76. The Labute approximate surface area is 61.4 Å². The zero-order valence-corrected chi connectivity index (χ0v) is 6.65. The predicted octanol–water partition coefficient (Wildman–Crippen LogP) is 2.61. The Morgan fingerprint density at radius 2 is 2.33 bits per heavy atom. The Kier molecular flexibility index (Phi) is 5.64. The molecule has 0 amide bonds. The average molecular weight is 146 g/mol. The molecular formula is C7H12ClN. The molecule has 0 unspecified atom stereocenters. The predicted molar refractivity (Wildman–Crippen MR) is 43.3 cm³/mol. The van der Waals surface area contributed by atoms with Gasteiger partial charge in [0.1, 0.15) is 6.00 Å². The van der Waals surface area contributed by atoms with Crippen LogP contribution in [0.25, 0.3) is 0 Å². The third-order valence-corrected chi connectivity index (χ3v) is 1.03. The SMILES string of the molecule is CC/C=C(C)\C=N/CCl. The normalized spacial score (nSPS) is 13.0. The van der Waals surface area contributed by atoms with Crippen LogP contribution < -0.4 is 0 Å². The van der Waals surface area contributed by atoms with Crippen LogP contribution in [0.5, 0.6) is 0 Å². The van der Waals surface area contributed by atoms with E-state index in [-0.39, 0.29) is 0 Å².